The van der Waals surface area contributed by atoms with Crippen LogP contribution in [0.2, 0.25) is 0 Å². The fourth-order valence-corrected chi connectivity index (χ4v) is 6.98. The van der Waals surface area contributed by atoms with E-state index in [-0.39, 0.29) is 16.9 Å². The Bertz CT molecular complexity index is 667. The third-order valence-corrected chi connectivity index (χ3v) is 8.76. The lowest BCUT2D eigenvalue weighted by Crippen LogP contribution is -2.28. The van der Waals surface area contributed by atoms with Crippen LogP contribution in [0.3, 0.4) is 0 Å². The van der Waals surface area contributed by atoms with E-state index in [1.54, 1.807) is 0 Å². The third-order valence-electron chi connectivity index (χ3n) is 6.14. The summed E-state index contributed by atoms with van der Waals surface area (Å²) in [7, 11) is -0.240. The topological polar surface area (TPSA) is 38.7 Å². The van der Waals surface area contributed by atoms with Gasteiger partial charge < -0.3 is 4.74 Å². The van der Waals surface area contributed by atoms with Crippen LogP contribution >= 0.6 is 10.9 Å². The fraction of sp³-hybridized carbons (Fsp3) is 0.652. The maximum absolute atomic E-state index is 10.9. The van der Waals surface area contributed by atoms with E-state index in [9.17, 15) is 4.79 Å². The van der Waals surface area contributed by atoms with E-state index >= 15 is 0 Å². The minimum atomic E-state index is -0.240. The fourth-order valence-electron chi connectivity index (χ4n) is 4.45. The van der Waals surface area contributed by atoms with E-state index < -0.39 is 0 Å². The van der Waals surface area contributed by atoms with E-state index in [4.69, 9.17) is 9.73 Å². The Labute approximate surface area is 167 Å². The number of hydrogen-bond acceptors (Lipinski definition) is 3. The van der Waals surface area contributed by atoms with E-state index in [0.717, 1.165) is 18.9 Å². The van der Waals surface area contributed by atoms with Crippen LogP contribution in [0.5, 0.6) is 0 Å². The average molecular weight is 390 g/mol. The predicted molar refractivity (Wildman–Crippen MR) is 116 cm³/mol. The molecular weight excluding hydrogens is 354 g/mol. The third kappa shape index (κ3) is 5.37. The van der Waals surface area contributed by atoms with Crippen molar-refractivity contribution in [2.45, 2.75) is 64.7 Å². The maximum Gasteiger partial charge on any atom is 0.302 e. The molecule has 1 atom stereocenters. The molecular formula is C23H35NO2S. The van der Waals surface area contributed by atoms with Crippen molar-refractivity contribution in [1.29, 1.82) is 0 Å². The highest BCUT2D eigenvalue weighted by molar-refractivity contribution is 8.30. The zero-order valence-electron chi connectivity index (χ0n) is 17.3. The standard InChI is InChI=1S/C23H35NO2S/c1-17(25)26-15-13-18-5-11-21(12-6-18)27-16-14-24-22(27)19-7-9-20(10-8-19)23(2,3)4/h5-6,11-12,19-20,27H,7-10,13-16H2,1-4H3. The summed E-state index contributed by atoms with van der Waals surface area (Å²) in [6.07, 6.45) is 6.13. The molecule has 1 aromatic rings. The summed E-state index contributed by atoms with van der Waals surface area (Å²) >= 11 is 0. The molecule has 1 heterocycles. The van der Waals surface area contributed by atoms with Gasteiger partial charge in [-0.05, 0) is 59.6 Å². The van der Waals surface area contributed by atoms with E-state index in [2.05, 4.69) is 45.0 Å². The number of hydrogen-bond donors (Lipinski definition) is 1. The second kappa shape index (κ2) is 8.81. The minimum absolute atomic E-state index is 0.205. The summed E-state index contributed by atoms with van der Waals surface area (Å²) in [6.45, 7) is 10.1. The molecule has 1 aliphatic heterocycles. The quantitative estimate of drug-likeness (QED) is 0.540. The van der Waals surface area contributed by atoms with Crippen LogP contribution in [-0.4, -0.2) is 29.9 Å². The molecule has 3 nitrogen and oxygen atoms in total. The molecule has 1 saturated carbocycles. The van der Waals surface area contributed by atoms with E-state index in [0.29, 0.717) is 17.9 Å². The van der Waals surface area contributed by atoms with Crippen molar-refractivity contribution in [3.63, 3.8) is 0 Å². The summed E-state index contributed by atoms with van der Waals surface area (Å²) in [6, 6.07) is 8.98. The van der Waals surface area contributed by atoms with Crippen LogP contribution in [0.4, 0.5) is 0 Å². The molecule has 0 aromatic heterocycles. The van der Waals surface area contributed by atoms with Crippen LogP contribution in [0.15, 0.2) is 34.2 Å². The lowest BCUT2D eigenvalue weighted by atomic mass is 9.70. The molecule has 1 aliphatic carbocycles. The van der Waals surface area contributed by atoms with Crippen LogP contribution in [0.1, 0.15) is 58.9 Å². The van der Waals surface area contributed by atoms with Crippen LogP contribution in [-0.2, 0) is 16.0 Å². The molecule has 0 bridgehead atoms. The lowest BCUT2D eigenvalue weighted by molar-refractivity contribution is -0.140. The molecule has 0 N–H and O–H groups in total. The first kappa shape index (κ1) is 20.4. The summed E-state index contributed by atoms with van der Waals surface area (Å²) in [5, 5.41) is 1.53. The van der Waals surface area contributed by atoms with Gasteiger partial charge in [0, 0.05) is 31.6 Å². The van der Waals surface area contributed by atoms with E-state index in [1.165, 1.54) is 53.9 Å². The second-order valence-electron chi connectivity index (χ2n) is 9.06. The zero-order chi connectivity index (χ0) is 19.4. The first-order valence-corrected chi connectivity index (χ1v) is 11.9. The molecule has 0 amide bonds. The molecule has 0 radical (unpaired) electrons. The van der Waals surface area contributed by atoms with Gasteiger partial charge in [-0.2, -0.15) is 10.9 Å². The molecule has 0 saturated heterocycles. The van der Waals surface area contributed by atoms with Gasteiger partial charge in [0.15, 0.2) is 0 Å². The van der Waals surface area contributed by atoms with Crippen molar-refractivity contribution >= 4 is 21.9 Å². The highest BCUT2D eigenvalue weighted by Crippen LogP contribution is 2.48. The number of nitrogens with zero attached hydrogens (tertiary/aromatic N) is 1. The minimum Gasteiger partial charge on any atom is -0.466 e. The number of carbonyl (C=O) groups is 1. The summed E-state index contributed by atoms with van der Waals surface area (Å²) in [4.78, 5) is 17.3. The van der Waals surface area contributed by atoms with Gasteiger partial charge in [-0.15, -0.1) is 0 Å². The van der Waals surface area contributed by atoms with Crippen LogP contribution in [0.25, 0.3) is 0 Å². The number of esters is 1. The van der Waals surface area contributed by atoms with Crippen LogP contribution in [0, 0.1) is 17.3 Å². The Balaban J connectivity index is 1.59. The van der Waals surface area contributed by atoms with Crippen LogP contribution < -0.4 is 0 Å². The molecule has 1 fully saturated rings. The number of rotatable bonds is 5. The highest BCUT2D eigenvalue weighted by Gasteiger charge is 2.34. The Morgan fingerprint density at radius 1 is 1.15 bits per heavy atom. The number of ether oxygens (including phenoxy) is 1. The predicted octanol–water partition coefficient (Wildman–Crippen LogP) is 5.42. The van der Waals surface area contributed by atoms with Crippen molar-refractivity contribution in [2.75, 3.05) is 18.9 Å². The number of benzene rings is 1. The molecule has 1 aromatic carbocycles. The van der Waals surface area contributed by atoms with Gasteiger partial charge in [-0.1, -0.05) is 32.9 Å². The SMILES string of the molecule is CC(=O)OCCc1ccc([SH]2CCN=C2C2CCC(C(C)(C)C)CC2)cc1. The first-order chi connectivity index (χ1) is 12.8. The van der Waals surface area contributed by atoms with Gasteiger partial charge in [0.1, 0.15) is 0 Å². The van der Waals surface area contributed by atoms with Gasteiger partial charge in [-0.3, -0.25) is 9.79 Å². The summed E-state index contributed by atoms with van der Waals surface area (Å²) in [5.74, 6) is 2.58. The second-order valence-corrected chi connectivity index (χ2v) is 11.3. The first-order valence-electron chi connectivity index (χ1n) is 10.4. The highest BCUT2D eigenvalue weighted by atomic mass is 32.2. The summed E-state index contributed by atoms with van der Waals surface area (Å²) in [5.41, 5.74) is 1.67. The van der Waals surface area contributed by atoms with Crippen molar-refractivity contribution in [3.8, 4) is 0 Å². The number of aliphatic imine (C=N–C) groups is 1. The number of thiol groups is 1. The molecule has 27 heavy (non-hydrogen) atoms. The van der Waals surface area contributed by atoms with Gasteiger partial charge >= 0.3 is 5.97 Å². The summed E-state index contributed by atoms with van der Waals surface area (Å²) < 4.78 is 5.05. The Morgan fingerprint density at radius 2 is 1.81 bits per heavy atom. The lowest BCUT2D eigenvalue weighted by Gasteiger charge is -2.38. The zero-order valence-corrected chi connectivity index (χ0v) is 18.2. The molecule has 150 valence electrons. The van der Waals surface area contributed by atoms with Gasteiger partial charge in [0.2, 0.25) is 0 Å². The molecule has 4 heteroatoms. The normalized spacial score (nSPS) is 27.3. The Morgan fingerprint density at radius 3 is 2.41 bits per heavy atom. The van der Waals surface area contributed by atoms with Gasteiger partial charge in [0.25, 0.3) is 0 Å². The number of carbonyl (C=O) groups excluding carboxylic acids is 1. The van der Waals surface area contributed by atoms with Crippen molar-refractivity contribution < 1.29 is 9.53 Å². The monoisotopic (exact) mass is 389 g/mol. The largest absolute Gasteiger partial charge is 0.466 e. The van der Waals surface area contributed by atoms with Crippen molar-refractivity contribution in [3.05, 3.63) is 29.8 Å². The molecule has 3 rings (SSSR count). The molecule has 2 aliphatic rings. The molecule has 0 spiro atoms. The van der Waals surface area contributed by atoms with E-state index in [1.807, 2.05) is 0 Å². The van der Waals surface area contributed by atoms with Gasteiger partial charge in [-0.25, -0.2) is 0 Å². The van der Waals surface area contributed by atoms with Gasteiger partial charge in [0.05, 0.1) is 11.7 Å². The Hall–Kier alpha value is -1.29. The van der Waals surface area contributed by atoms with Crippen molar-refractivity contribution in [1.82, 2.24) is 0 Å². The maximum atomic E-state index is 10.9. The Kier molecular flexibility index (Phi) is 6.67. The smallest absolute Gasteiger partial charge is 0.302 e. The molecule has 1 unspecified atom stereocenters. The average Bonchev–Trinajstić information content (AvgIpc) is 3.11. The van der Waals surface area contributed by atoms with Crippen molar-refractivity contribution in [2.24, 2.45) is 22.2 Å².